The van der Waals surface area contributed by atoms with Crippen LogP contribution in [0.15, 0.2) is 0 Å². The number of nitrogens with zero attached hydrogens (tertiary/aromatic N) is 1. The van der Waals surface area contributed by atoms with E-state index in [2.05, 4.69) is 25.7 Å². The highest BCUT2D eigenvalue weighted by molar-refractivity contribution is 14.1. The molecule has 0 N–H and O–H groups in total. The summed E-state index contributed by atoms with van der Waals surface area (Å²) in [5.41, 5.74) is 0.445. The summed E-state index contributed by atoms with van der Waals surface area (Å²) in [5, 5.41) is 0. The second-order valence-corrected chi connectivity index (χ2v) is 8.46. The number of rotatable bonds is 6. The maximum Gasteiger partial charge on any atom is 0.109 e. The van der Waals surface area contributed by atoms with Crippen molar-refractivity contribution in [2.75, 3.05) is 26.3 Å². The van der Waals surface area contributed by atoms with E-state index in [1.807, 2.05) is 23.0 Å². The first-order valence-corrected chi connectivity index (χ1v) is 8.42. The Bertz CT molecular complexity index is 338. The fraction of sp³-hybridized carbons (Fsp3) is 1.00. The van der Waals surface area contributed by atoms with Crippen molar-refractivity contribution in [1.82, 2.24) is 4.90 Å². The van der Waals surface area contributed by atoms with Crippen LogP contribution >= 0.6 is 23.0 Å². The zero-order valence-electron chi connectivity index (χ0n) is 12.3. The van der Waals surface area contributed by atoms with Crippen LogP contribution in [0.1, 0.15) is 40.0 Å². The van der Waals surface area contributed by atoms with E-state index in [0.717, 1.165) is 25.0 Å². The van der Waals surface area contributed by atoms with Gasteiger partial charge in [0.2, 0.25) is 0 Å². The molecule has 0 bridgehead atoms. The molecule has 1 aliphatic heterocycles. The summed E-state index contributed by atoms with van der Waals surface area (Å²) in [6.45, 7) is 10.8. The van der Waals surface area contributed by atoms with Gasteiger partial charge in [0.05, 0.1) is 18.8 Å². The van der Waals surface area contributed by atoms with Crippen LogP contribution in [-0.4, -0.2) is 42.8 Å². The van der Waals surface area contributed by atoms with Crippen molar-refractivity contribution in [3.05, 3.63) is 0 Å². The first-order valence-electron chi connectivity index (χ1n) is 7.54. The second-order valence-electron chi connectivity index (χ2n) is 7.83. The van der Waals surface area contributed by atoms with Crippen LogP contribution in [0, 0.1) is 17.3 Å². The predicted molar refractivity (Wildman–Crippen MR) is 84.3 cm³/mol. The molecule has 3 atom stereocenters. The van der Waals surface area contributed by atoms with E-state index in [1.165, 1.54) is 32.4 Å². The van der Waals surface area contributed by atoms with Gasteiger partial charge in [0, 0.05) is 24.5 Å². The SMILES string of the molecule is CC(C)(C)OCC1(CN2CC3CC3C2COI)CC1. The number of hydrogen-bond donors (Lipinski definition) is 0. The molecule has 3 nitrogen and oxygen atoms in total. The van der Waals surface area contributed by atoms with E-state index in [4.69, 9.17) is 7.80 Å². The topological polar surface area (TPSA) is 21.7 Å². The van der Waals surface area contributed by atoms with Gasteiger partial charge in [-0.25, -0.2) is 0 Å². The zero-order valence-corrected chi connectivity index (χ0v) is 14.5. The van der Waals surface area contributed by atoms with E-state index in [0.29, 0.717) is 11.5 Å². The highest BCUT2D eigenvalue weighted by atomic mass is 127. The van der Waals surface area contributed by atoms with Gasteiger partial charge in [-0.3, -0.25) is 4.90 Å². The predicted octanol–water partition coefficient (Wildman–Crippen LogP) is 3.27. The fourth-order valence-electron chi connectivity index (χ4n) is 3.46. The molecule has 1 heterocycles. The largest absolute Gasteiger partial charge is 0.375 e. The monoisotopic (exact) mass is 379 g/mol. The van der Waals surface area contributed by atoms with Crippen LogP contribution in [0.25, 0.3) is 0 Å². The zero-order chi connectivity index (χ0) is 13.7. The van der Waals surface area contributed by atoms with Gasteiger partial charge < -0.3 is 7.80 Å². The van der Waals surface area contributed by atoms with Crippen molar-refractivity contribution in [2.24, 2.45) is 17.3 Å². The van der Waals surface area contributed by atoms with Crippen LogP contribution in [0.4, 0.5) is 0 Å². The summed E-state index contributed by atoms with van der Waals surface area (Å²) in [6, 6.07) is 0.675. The molecule has 19 heavy (non-hydrogen) atoms. The molecule has 0 aromatic rings. The summed E-state index contributed by atoms with van der Waals surface area (Å²) in [6.07, 6.45) is 4.12. The lowest BCUT2D eigenvalue weighted by Crippen LogP contribution is -2.41. The van der Waals surface area contributed by atoms with Crippen molar-refractivity contribution >= 4 is 23.0 Å². The van der Waals surface area contributed by atoms with E-state index < -0.39 is 0 Å². The van der Waals surface area contributed by atoms with E-state index in [1.54, 1.807) is 0 Å². The standard InChI is InChI=1S/C15H26INO2/c1-14(2,3)18-10-15(4-5-15)9-17-7-11-6-12(11)13(17)8-19-16/h11-13H,4-10H2,1-3H3. The van der Waals surface area contributed by atoms with E-state index >= 15 is 0 Å². The Labute approximate surface area is 131 Å². The summed E-state index contributed by atoms with van der Waals surface area (Å²) >= 11 is 2.04. The van der Waals surface area contributed by atoms with Crippen LogP contribution < -0.4 is 0 Å². The third-order valence-corrected chi connectivity index (χ3v) is 5.31. The van der Waals surface area contributed by atoms with Gasteiger partial charge >= 0.3 is 0 Å². The minimum atomic E-state index is -0.00649. The number of hydrogen-bond acceptors (Lipinski definition) is 3. The van der Waals surface area contributed by atoms with Gasteiger partial charge in [-0.1, -0.05) is 0 Å². The Balaban J connectivity index is 1.53. The van der Waals surface area contributed by atoms with Crippen molar-refractivity contribution in [2.45, 2.75) is 51.7 Å². The highest BCUT2D eigenvalue weighted by Gasteiger charge is 2.55. The van der Waals surface area contributed by atoms with Crippen LogP contribution in [0.2, 0.25) is 0 Å². The van der Waals surface area contributed by atoms with Gasteiger partial charge in [-0.05, 0) is 51.9 Å². The van der Waals surface area contributed by atoms with Crippen molar-refractivity contribution in [1.29, 1.82) is 0 Å². The fourth-order valence-corrected chi connectivity index (χ4v) is 3.83. The quantitative estimate of drug-likeness (QED) is 0.662. The average Bonchev–Trinajstić information content (AvgIpc) is 3.20. The Morgan fingerprint density at radius 1 is 1.32 bits per heavy atom. The Hall–Kier alpha value is 0.610. The molecule has 3 rings (SSSR count). The molecule has 3 aliphatic rings. The number of piperidine rings is 1. The lowest BCUT2D eigenvalue weighted by molar-refractivity contribution is -0.0361. The summed E-state index contributed by atoms with van der Waals surface area (Å²) in [5.74, 6) is 1.89. The van der Waals surface area contributed by atoms with Gasteiger partial charge in [0.1, 0.15) is 23.0 Å². The normalized spacial score (nSPS) is 36.3. The molecule has 2 saturated carbocycles. The minimum Gasteiger partial charge on any atom is -0.375 e. The number of halogens is 1. The Morgan fingerprint density at radius 2 is 2.05 bits per heavy atom. The molecular formula is C15H26INO2. The lowest BCUT2D eigenvalue weighted by Gasteiger charge is -2.32. The minimum absolute atomic E-state index is 0.00649. The van der Waals surface area contributed by atoms with Crippen molar-refractivity contribution in [3.63, 3.8) is 0 Å². The Kier molecular flexibility index (Phi) is 3.91. The smallest absolute Gasteiger partial charge is 0.109 e. The number of fused-ring (bicyclic) bond motifs is 1. The molecule has 0 spiro atoms. The van der Waals surface area contributed by atoms with Crippen LogP contribution in [0.3, 0.4) is 0 Å². The summed E-state index contributed by atoms with van der Waals surface area (Å²) in [7, 11) is 0. The Morgan fingerprint density at radius 3 is 2.63 bits per heavy atom. The summed E-state index contributed by atoms with van der Waals surface area (Å²) in [4.78, 5) is 2.69. The highest BCUT2D eigenvalue weighted by Crippen LogP contribution is 2.53. The van der Waals surface area contributed by atoms with Crippen molar-refractivity contribution < 1.29 is 7.80 Å². The maximum absolute atomic E-state index is 6.04. The van der Waals surface area contributed by atoms with Gasteiger partial charge in [0.25, 0.3) is 0 Å². The molecular weight excluding hydrogens is 353 g/mol. The molecule has 110 valence electrons. The van der Waals surface area contributed by atoms with Gasteiger partial charge in [0.15, 0.2) is 0 Å². The second kappa shape index (κ2) is 5.11. The molecule has 3 unspecified atom stereocenters. The van der Waals surface area contributed by atoms with Crippen LogP contribution in [0.5, 0.6) is 0 Å². The molecule has 3 fully saturated rings. The molecule has 0 amide bonds. The number of likely N-dealkylation sites (tertiary alicyclic amines) is 1. The lowest BCUT2D eigenvalue weighted by atomic mass is 10.1. The maximum atomic E-state index is 6.04. The molecule has 4 heteroatoms. The van der Waals surface area contributed by atoms with Crippen LogP contribution in [-0.2, 0) is 7.80 Å². The first kappa shape index (κ1) is 14.5. The summed E-state index contributed by atoms with van der Waals surface area (Å²) < 4.78 is 11.4. The first-order chi connectivity index (χ1) is 8.92. The van der Waals surface area contributed by atoms with Gasteiger partial charge in [-0.2, -0.15) is 0 Å². The third kappa shape index (κ3) is 3.44. The molecule has 2 aliphatic carbocycles. The van der Waals surface area contributed by atoms with Gasteiger partial charge in [-0.15, -0.1) is 0 Å². The van der Waals surface area contributed by atoms with Crippen molar-refractivity contribution in [3.8, 4) is 0 Å². The molecule has 0 aromatic heterocycles. The van der Waals surface area contributed by atoms with E-state index in [9.17, 15) is 0 Å². The molecule has 1 saturated heterocycles. The molecule has 0 radical (unpaired) electrons. The third-order valence-electron chi connectivity index (χ3n) is 4.95. The number of ether oxygens (including phenoxy) is 1. The molecule has 0 aromatic carbocycles. The van der Waals surface area contributed by atoms with E-state index in [-0.39, 0.29) is 5.60 Å². The average molecular weight is 379 g/mol.